The largest absolute Gasteiger partial charge is 1.00 e. The van der Waals surface area contributed by atoms with Crippen molar-refractivity contribution in [1.82, 2.24) is 9.78 Å². The molecule has 0 fully saturated rings. The van der Waals surface area contributed by atoms with Gasteiger partial charge in [-0.05, 0) is 11.6 Å². The molecule has 2 rings (SSSR count). The van der Waals surface area contributed by atoms with Gasteiger partial charge in [0.15, 0.2) is 0 Å². The number of halogens is 3. The molecule has 0 aliphatic heterocycles. The Morgan fingerprint density at radius 2 is 1.94 bits per heavy atom. The zero-order chi connectivity index (χ0) is 11.6. The van der Waals surface area contributed by atoms with Crippen molar-refractivity contribution in [2.75, 3.05) is 0 Å². The fourth-order valence-corrected chi connectivity index (χ4v) is 1.48. The first-order valence-electron chi connectivity index (χ1n) is 4.82. The third kappa shape index (κ3) is 4.26. The maximum Gasteiger partial charge on any atom is 1.00 e. The second kappa shape index (κ2) is 6.19. The second-order valence-electron chi connectivity index (χ2n) is 3.52. The van der Waals surface area contributed by atoms with E-state index in [-0.39, 0.29) is 51.4 Å². The normalized spacial score (nSPS) is 11.0. The van der Waals surface area contributed by atoms with Gasteiger partial charge >= 0.3 is 58.4 Å². The van der Waals surface area contributed by atoms with Gasteiger partial charge in [0.2, 0.25) is 0 Å². The first-order valence-corrected chi connectivity index (χ1v) is 4.82. The molecule has 0 aliphatic rings. The smallest absolute Gasteiger partial charge is 0.445 e. The van der Waals surface area contributed by atoms with Gasteiger partial charge in [-0.25, -0.2) is 0 Å². The third-order valence-electron chi connectivity index (χ3n) is 2.23. The van der Waals surface area contributed by atoms with Crippen LogP contribution in [0.5, 0.6) is 0 Å². The Hall–Kier alpha value is -0.0787. The van der Waals surface area contributed by atoms with Crippen LogP contribution in [0.2, 0.25) is 0 Å². The minimum absolute atomic E-state index is 0. The standard InChI is InChI=1S/C10H9BF3N2.K/c12-11(13,14)10-4-1-3-9(7-10)8-16-6-2-5-15-16;/h1-7H,8H2;/q-1;+1. The molecule has 0 bridgehead atoms. The number of rotatable bonds is 3. The molecule has 0 unspecified atom stereocenters. The van der Waals surface area contributed by atoms with Crippen LogP contribution >= 0.6 is 0 Å². The number of hydrogen-bond donors (Lipinski definition) is 0. The third-order valence-corrected chi connectivity index (χ3v) is 2.23. The van der Waals surface area contributed by atoms with Gasteiger partial charge in [0.1, 0.15) is 0 Å². The molecule has 0 atom stereocenters. The SMILES string of the molecule is F[B-](F)(F)c1cccc(Cn2cccn2)c1.[K+]. The van der Waals surface area contributed by atoms with Crippen LogP contribution in [0.3, 0.4) is 0 Å². The molecule has 7 heteroatoms. The van der Waals surface area contributed by atoms with Gasteiger partial charge in [-0.2, -0.15) is 5.10 Å². The Labute approximate surface area is 140 Å². The predicted octanol–water partition coefficient (Wildman–Crippen LogP) is -1.01. The van der Waals surface area contributed by atoms with Crippen LogP contribution in [0, 0.1) is 0 Å². The number of aromatic nitrogens is 2. The van der Waals surface area contributed by atoms with Crippen molar-refractivity contribution in [3.63, 3.8) is 0 Å². The van der Waals surface area contributed by atoms with Gasteiger partial charge in [-0.15, -0.1) is 5.46 Å². The van der Waals surface area contributed by atoms with Gasteiger partial charge < -0.3 is 12.9 Å². The molecule has 1 heterocycles. The Morgan fingerprint density at radius 3 is 2.53 bits per heavy atom. The van der Waals surface area contributed by atoms with Crippen molar-refractivity contribution >= 4 is 12.4 Å². The van der Waals surface area contributed by atoms with E-state index in [1.54, 1.807) is 29.2 Å². The van der Waals surface area contributed by atoms with Gasteiger partial charge in [-0.3, -0.25) is 4.68 Å². The minimum atomic E-state index is -4.92. The summed E-state index contributed by atoms with van der Waals surface area (Å²) < 4.78 is 39.0. The van der Waals surface area contributed by atoms with Crippen molar-refractivity contribution < 1.29 is 64.3 Å². The molecular weight excluding hydrogens is 255 g/mol. The van der Waals surface area contributed by atoms with Crippen LogP contribution in [-0.4, -0.2) is 16.8 Å². The molecule has 84 valence electrons. The van der Waals surface area contributed by atoms with Crippen LogP contribution in [-0.2, 0) is 6.54 Å². The summed E-state index contributed by atoms with van der Waals surface area (Å²) >= 11 is 0. The van der Waals surface area contributed by atoms with Crippen molar-refractivity contribution in [2.24, 2.45) is 0 Å². The van der Waals surface area contributed by atoms with Crippen molar-refractivity contribution in [1.29, 1.82) is 0 Å². The maximum atomic E-state index is 12.5. The van der Waals surface area contributed by atoms with E-state index >= 15 is 0 Å². The molecule has 0 N–H and O–H groups in total. The van der Waals surface area contributed by atoms with E-state index in [1.165, 1.54) is 12.1 Å². The van der Waals surface area contributed by atoms with Crippen LogP contribution in [0.15, 0.2) is 42.7 Å². The summed E-state index contributed by atoms with van der Waals surface area (Å²) in [4.78, 5) is 0. The first-order chi connectivity index (χ1) is 7.55. The molecule has 1 aromatic heterocycles. The average molecular weight is 264 g/mol. The number of hydrogen-bond acceptors (Lipinski definition) is 1. The zero-order valence-electron chi connectivity index (χ0n) is 9.35. The quantitative estimate of drug-likeness (QED) is 0.650. The molecule has 0 amide bonds. The van der Waals surface area contributed by atoms with Gasteiger partial charge in [0.05, 0.1) is 6.54 Å². The fraction of sp³-hybridized carbons (Fsp3) is 0.100. The summed E-state index contributed by atoms with van der Waals surface area (Å²) in [5.41, 5.74) is 0.0325. The van der Waals surface area contributed by atoms with Gasteiger partial charge in [0.25, 0.3) is 0 Å². The first kappa shape index (κ1) is 15.0. The predicted molar refractivity (Wildman–Crippen MR) is 56.5 cm³/mol. The van der Waals surface area contributed by atoms with Crippen molar-refractivity contribution in [3.05, 3.63) is 48.3 Å². The average Bonchev–Trinajstić information content (AvgIpc) is 2.70. The number of nitrogens with zero attached hydrogens (tertiary/aromatic N) is 2. The molecule has 0 saturated heterocycles. The van der Waals surface area contributed by atoms with Crippen molar-refractivity contribution in [2.45, 2.75) is 6.54 Å². The topological polar surface area (TPSA) is 17.8 Å². The Balaban J connectivity index is 0.00000144. The number of benzene rings is 1. The second-order valence-corrected chi connectivity index (χ2v) is 3.52. The van der Waals surface area contributed by atoms with Gasteiger partial charge in [-0.1, -0.05) is 24.3 Å². The van der Waals surface area contributed by atoms with E-state index in [0.29, 0.717) is 12.1 Å². The van der Waals surface area contributed by atoms with Gasteiger partial charge in [0, 0.05) is 12.4 Å². The van der Waals surface area contributed by atoms with E-state index in [4.69, 9.17) is 0 Å². The maximum absolute atomic E-state index is 12.5. The summed E-state index contributed by atoms with van der Waals surface area (Å²) in [5, 5.41) is 3.94. The molecule has 2 nitrogen and oxygen atoms in total. The minimum Gasteiger partial charge on any atom is -0.445 e. The molecule has 0 aliphatic carbocycles. The molecule has 17 heavy (non-hydrogen) atoms. The summed E-state index contributed by atoms with van der Waals surface area (Å²) in [6.07, 6.45) is 3.31. The van der Waals surface area contributed by atoms with Crippen LogP contribution in [0.4, 0.5) is 12.9 Å². The molecule has 0 saturated carbocycles. The summed E-state index contributed by atoms with van der Waals surface area (Å²) in [6.45, 7) is -4.57. The van der Waals surface area contributed by atoms with E-state index in [9.17, 15) is 12.9 Å². The molecular formula is C10H9BF3KN2. The fourth-order valence-electron chi connectivity index (χ4n) is 1.48. The summed E-state index contributed by atoms with van der Waals surface area (Å²) in [5.74, 6) is 0. The van der Waals surface area contributed by atoms with Crippen LogP contribution in [0.25, 0.3) is 0 Å². The molecule has 2 aromatic rings. The monoisotopic (exact) mass is 264 g/mol. The Morgan fingerprint density at radius 1 is 1.18 bits per heavy atom. The summed E-state index contributed by atoms with van der Waals surface area (Å²) in [6, 6.07) is 7.07. The van der Waals surface area contributed by atoms with Crippen molar-refractivity contribution in [3.8, 4) is 0 Å². The van der Waals surface area contributed by atoms with E-state index in [2.05, 4.69) is 5.10 Å². The van der Waals surface area contributed by atoms with E-state index in [1.807, 2.05) is 0 Å². The van der Waals surface area contributed by atoms with E-state index in [0.717, 1.165) is 6.07 Å². The van der Waals surface area contributed by atoms with Crippen LogP contribution < -0.4 is 56.8 Å². The Kier molecular flexibility index (Phi) is 5.46. The Bertz CT molecular complexity index is 471. The zero-order valence-corrected chi connectivity index (χ0v) is 12.5. The molecule has 0 radical (unpaired) electrons. The van der Waals surface area contributed by atoms with Crippen LogP contribution in [0.1, 0.15) is 5.56 Å². The molecule has 0 spiro atoms. The summed E-state index contributed by atoms with van der Waals surface area (Å²) in [7, 11) is 0. The molecule has 1 aromatic carbocycles. The van der Waals surface area contributed by atoms with E-state index < -0.39 is 12.4 Å².